The molecule has 0 radical (unpaired) electrons. The van der Waals surface area contributed by atoms with Crippen LogP contribution in [0, 0.1) is 17.8 Å². The summed E-state index contributed by atoms with van der Waals surface area (Å²) in [4.78, 5) is 13.0. The van der Waals surface area contributed by atoms with Crippen LogP contribution in [0.1, 0.15) is 29.5 Å². The summed E-state index contributed by atoms with van der Waals surface area (Å²) in [5.74, 6) is 8.63. The first-order chi connectivity index (χ1) is 14.7. The lowest BCUT2D eigenvalue weighted by atomic mass is 9.80. The molecule has 0 unspecified atom stereocenters. The topological polar surface area (TPSA) is 82.6 Å². The summed E-state index contributed by atoms with van der Waals surface area (Å²) in [6.07, 6.45) is 7.47. The maximum absolute atomic E-state index is 6.24. The number of amidine groups is 1. The van der Waals surface area contributed by atoms with Gasteiger partial charge < -0.3 is 15.2 Å². The van der Waals surface area contributed by atoms with E-state index in [4.69, 9.17) is 20.2 Å². The van der Waals surface area contributed by atoms with Gasteiger partial charge in [0.15, 0.2) is 5.54 Å². The zero-order valence-corrected chi connectivity index (χ0v) is 16.1. The molecular formula is C24H18N4O2. The number of benzene rings is 2. The highest BCUT2D eigenvalue weighted by Gasteiger charge is 2.47. The molecule has 30 heavy (non-hydrogen) atoms. The van der Waals surface area contributed by atoms with Gasteiger partial charge in [-0.2, -0.15) is 0 Å². The second-order valence-corrected chi connectivity index (χ2v) is 7.79. The second kappa shape index (κ2) is 6.33. The Kier molecular flexibility index (Phi) is 3.59. The van der Waals surface area contributed by atoms with Crippen molar-refractivity contribution >= 4 is 6.02 Å². The second-order valence-electron chi connectivity index (χ2n) is 7.79. The molecule has 2 N–H and O–H groups in total. The van der Waals surface area contributed by atoms with E-state index in [0.29, 0.717) is 12.5 Å². The van der Waals surface area contributed by atoms with Crippen molar-refractivity contribution in [2.24, 2.45) is 16.6 Å². The number of rotatable bonds is 1. The predicted molar refractivity (Wildman–Crippen MR) is 112 cm³/mol. The summed E-state index contributed by atoms with van der Waals surface area (Å²) in [5, 5.41) is 0. The minimum absolute atomic E-state index is 0.178. The van der Waals surface area contributed by atoms with Crippen LogP contribution < -0.4 is 10.5 Å². The maximum Gasteiger partial charge on any atom is 0.283 e. The number of aromatic nitrogens is 2. The van der Waals surface area contributed by atoms with Crippen molar-refractivity contribution in [3.8, 4) is 34.5 Å². The van der Waals surface area contributed by atoms with Gasteiger partial charge in [0.2, 0.25) is 0 Å². The van der Waals surface area contributed by atoms with Crippen LogP contribution in [-0.2, 0) is 10.3 Å². The number of nitrogens with zero attached hydrogens (tertiary/aromatic N) is 3. The Morgan fingerprint density at radius 2 is 1.73 bits per heavy atom. The van der Waals surface area contributed by atoms with Crippen LogP contribution >= 0.6 is 0 Å². The highest BCUT2D eigenvalue weighted by Crippen LogP contribution is 2.51. The molecule has 1 fully saturated rings. The van der Waals surface area contributed by atoms with Crippen LogP contribution in [-0.4, -0.2) is 22.6 Å². The molecule has 6 nitrogen and oxygen atoms in total. The van der Waals surface area contributed by atoms with Gasteiger partial charge >= 0.3 is 0 Å². The first kappa shape index (κ1) is 17.0. The summed E-state index contributed by atoms with van der Waals surface area (Å²) in [7, 11) is 0. The molecule has 2 aliphatic heterocycles. The monoisotopic (exact) mass is 394 g/mol. The Labute approximate surface area is 173 Å². The Balaban J connectivity index is 1.52. The SMILES string of the molecule is NC1=N[C@]2(CO1)c1cc(C#CC3CC3)ccc1Oc1ccc(-c3cncnc3)cc12. The molecule has 0 amide bonds. The molecule has 2 aromatic carbocycles. The van der Waals surface area contributed by atoms with Gasteiger partial charge in [-0.1, -0.05) is 17.9 Å². The van der Waals surface area contributed by atoms with Crippen molar-refractivity contribution in [2.45, 2.75) is 18.4 Å². The first-order valence-corrected chi connectivity index (χ1v) is 9.93. The van der Waals surface area contributed by atoms with Gasteiger partial charge in [0.1, 0.15) is 24.4 Å². The molecule has 1 atom stereocenters. The lowest BCUT2D eigenvalue weighted by Crippen LogP contribution is -2.31. The van der Waals surface area contributed by atoms with Gasteiger partial charge in [0, 0.05) is 40.6 Å². The minimum Gasteiger partial charge on any atom is -0.462 e. The van der Waals surface area contributed by atoms with Crippen LogP contribution in [0.15, 0.2) is 60.1 Å². The maximum atomic E-state index is 6.24. The van der Waals surface area contributed by atoms with Gasteiger partial charge in [-0.3, -0.25) is 0 Å². The van der Waals surface area contributed by atoms with E-state index in [0.717, 1.165) is 39.3 Å². The van der Waals surface area contributed by atoms with E-state index in [1.807, 2.05) is 24.3 Å². The smallest absolute Gasteiger partial charge is 0.283 e. The lowest BCUT2D eigenvalue weighted by Gasteiger charge is -2.33. The Bertz CT molecular complexity index is 1260. The zero-order chi connectivity index (χ0) is 20.1. The molecule has 1 aliphatic carbocycles. The summed E-state index contributed by atoms with van der Waals surface area (Å²) in [6.45, 7) is 0.316. The molecule has 6 heteroatoms. The van der Waals surface area contributed by atoms with Crippen molar-refractivity contribution in [1.29, 1.82) is 0 Å². The number of nitrogens with two attached hydrogens (primary N) is 1. The highest BCUT2D eigenvalue weighted by atomic mass is 16.5. The third kappa shape index (κ3) is 2.71. The van der Waals surface area contributed by atoms with Crippen LogP contribution in [0.2, 0.25) is 0 Å². The van der Waals surface area contributed by atoms with Crippen molar-refractivity contribution in [1.82, 2.24) is 9.97 Å². The minimum atomic E-state index is -0.768. The van der Waals surface area contributed by atoms with E-state index in [9.17, 15) is 0 Å². The number of hydrogen-bond acceptors (Lipinski definition) is 6. The predicted octanol–water partition coefficient (Wildman–Crippen LogP) is 3.60. The molecular weight excluding hydrogens is 376 g/mol. The van der Waals surface area contributed by atoms with Gasteiger partial charge in [-0.05, 0) is 48.7 Å². The van der Waals surface area contributed by atoms with Gasteiger partial charge in [-0.25, -0.2) is 15.0 Å². The molecule has 1 saturated carbocycles. The van der Waals surface area contributed by atoms with E-state index in [2.05, 4.69) is 33.9 Å². The third-order valence-corrected chi connectivity index (χ3v) is 5.69. The molecule has 1 spiro atoms. The highest BCUT2D eigenvalue weighted by molar-refractivity contribution is 5.78. The Morgan fingerprint density at radius 3 is 2.47 bits per heavy atom. The van der Waals surface area contributed by atoms with Crippen LogP contribution in [0.5, 0.6) is 11.5 Å². The van der Waals surface area contributed by atoms with Crippen molar-refractivity contribution in [3.05, 3.63) is 71.8 Å². The number of fused-ring (bicyclic) bond motifs is 4. The lowest BCUT2D eigenvalue weighted by molar-refractivity contribution is 0.264. The number of aliphatic imine (C=N–C) groups is 1. The summed E-state index contributed by atoms with van der Waals surface area (Å²) >= 11 is 0. The summed E-state index contributed by atoms with van der Waals surface area (Å²) < 4.78 is 11.9. The van der Waals surface area contributed by atoms with E-state index in [-0.39, 0.29) is 6.02 Å². The van der Waals surface area contributed by atoms with Gasteiger partial charge in [0.25, 0.3) is 6.02 Å². The van der Waals surface area contributed by atoms with Gasteiger partial charge in [-0.15, -0.1) is 0 Å². The molecule has 3 heterocycles. The van der Waals surface area contributed by atoms with Gasteiger partial charge in [0.05, 0.1) is 0 Å². The molecule has 1 aromatic heterocycles. The molecule has 146 valence electrons. The summed E-state index contributed by atoms with van der Waals surface area (Å²) in [6, 6.07) is 12.2. The normalized spacial score (nSPS) is 20.9. The van der Waals surface area contributed by atoms with Crippen LogP contribution in [0.3, 0.4) is 0 Å². The van der Waals surface area contributed by atoms with E-state index in [1.165, 1.54) is 19.2 Å². The number of hydrogen-bond donors (Lipinski definition) is 1. The van der Waals surface area contributed by atoms with E-state index in [1.54, 1.807) is 12.4 Å². The fourth-order valence-electron chi connectivity index (χ4n) is 3.97. The Hall–Kier alpha value is -3.85. The van der Waals surface area contributed by atoms with Crippen LogP contribution in [0.4, 0.5) is 0 Å². The average Bonchev–Trinajstić information content (AvgIpc) is 3.54. The molecule has 3 aromatic rings. The number of ether oxygens (including phenoxy) is 2. The zero-order valence-electron chi connectivity index (χ0n) is 16.1. The average molecular weight is 394 g/mol. The largest absolute Gasteiger partial charge is 0.462 e. The van der Waals surface area contributed by atoms with Crippen molar-refractivity contribution < 1.29 is 9.47 Å². The standard InChI is InChI=1S/C24H18N4O2/c25-23-28-24(13-29-23)19-9-16(4-3-15-1-2-15)5-7-21(19)30-22-8-6-17(10-20(22)24)18-11-26-14-27-12-18/h5-12,14-15H,1-2,13H2,(H2,25,28)/t24-/m1/s1. The molecule has 3 aliphatic rings. The van der Waals surface area contributed by atoms with Crippen molar-refractivity contribution in [2.75, 3.05) is 6.61 Å². The fraction of sp³-hybridized carbons (Fsp3) is 0.208. The van der Waals surface area contributed by atoms with E-state index < -0.39 is 5.54 Å². The third-order valence-electron chi connectivity index (χ3n) is 5.69. The van der Waals surface area contributed by atoms with Crippen molar-refractivity contribution in [3.63, 3.8) is 0 Å². The molecule has 0 bridgehead atoms. The first-order valence-electron chi connectivity index (χ1n) is 9.93. The molecule has 6 rings (SSSR count). The Morgan fingerprint density at radius 1 is 0.967 bits per heavy atom. The van der Waals surface area contributed by atoms with Crippen LogP contribution in [0.25, 0.3) is 11.1 Å². The molecule has 0 saturated heterocycles. The van der Waals surface area contributed by atoms with E-state index >= 15 is 0 Å². The summed E-state index contributed by atoms with van der Waals surface area (Å²) in [5.41, 5.74) is 9.88. The quantitative estimate of drug-likeness (QED) is 0.638. The fourth-order valence-corrected chi connectivity index (χ4v) is 3.97.